The van der Waals surface area contributed by atoms with Crippen molar-refractivity contribution in [2.75, 3.05) is 5.73 Å². The van der Waals surface area contributed by atoms with Gasteiger partial charge >= 0.3 is 0 Å². The number of nitrogens with two attached hydrogens (primary N) is 1. The van der Waals surface area contributed by atoms with E-state index in [-0.39, 0.29) is 5.56 Å². The van der Waals surface area contributed by atoms with Gasteiger partial charge in [0.1, 0.15) is 5.82 Å². The molecule has 2 aromatic rings. The minimum atomic E-state index is 0.0224. The molecule has 1 aromatic carbocycles. The number of pyridine rings is 1. The lowest BCUT2D eigenvalue weighted by Crippen LogP contribution is -2.23. The number of aromatic nitrogens is 1. The first-order valence-corrected chi connectivity index (χ1v) is 6.81. The molecule has 2 N–H and O–H groups in total. The third-order valence-electron chi connectivity index (χ3n) is 3.84. The van der Waals surface area contributed by atoms with Crippen molar-refractivity contribution in [3.8, 4) is 0 Å². The number of nitrogen functional groups attached to an aromatic ring is 1. The van der Waals surface area contributed by atoms with Crippen molar-refractivity contribution in [2.45, 2.75) is 32.2 Å². The van der Waals surface area contributed by atoms with Crippen LogP contribution in [0.3, 0.4) is 0 Å². The minimum Gasteiger partial charge on any atom is -0.385 e. The molecule has 98 valence electrons. The molecular weight excluding hydrogens is 236 g/mol. The van der Waals surface area contributed by atoms with Gasteiger partial charge in [-0.05, 0) is 43.2 Å². The summed E-state index contributed by atoms with van der Waals surface area (Å²) in [6.45, 7) is 0.682. The maximum Gasteiger partial charge on any atom is 0.259 e. The second-order valence-electron chi connectivity index (χ2n) is 5.12. The Hall–Kier alpha value is -2.03. The summed E-state index contributed by atoms with van der Waals surface area (Å²) in [5, 5.41) is 1.67. The zero-order valence-electron chi connectivity index (χ0n) is 10.9. The molecule has 0 unspecified atom stereocenters. The second-order valence-corrected chi connectivity index (χ2v) is 5.12. The molecule has 1 aliphatic rings. The van der Waals surface area contributed by atoms with E-state index in [0.29, 0.717) is 12.4 Å². The molecule has 0 radical (unpaired) electrons. The summed E-state index contributed by atoms with van der Waals surface area (Å²) in [5.41, 5.74) is 7.50. The Labute approximate surface area is 112 Å². The van der Waals surface area contributed by atoms with Gasteiger partial charge in [0.25, 0.3) is 5.56 Å². The first kappa shape index (κ1) is 12.0. The highest BCUT2D eigenvalue weighted by atomic mass is 16.1. The highest BCUT2D eigenvalue weighted by Crippen LogP contribution is 2.21. The predicted molar refractivity (Wildman–Crippen MR) is 79.2 cm³/mol. The van der Waals surface area contributed by atoms with Gasteiger partial charge in [-0.3, -0.25) is 9.36 Å². The Morgan fingerprint density at radius 1 is 1.26 bits per heavy atom. The zero-order chi connectivity index (χ0) is 13.2. The first-order valence-electron chi connectivity index (χ1n) is 6.81. The molecule has 0 bridgehead atoms. The molecule has 0 saturated heterocycles. The van der Waals surface area contributed by atoms with Crippen molar-refractivity contribution in [3.63, 3.8) is 0 Å². The number of anilines is 1. The van der Waals surface area contributed by atoms with Crippen LogP contribution >= 0.6 is 0 Å². The van der Waals surface area contributed by atoms with Crippen LogP contribution in [0.15, 0.2) is 46.8 Å². The lowest BCUT2D eigenvalue weighted by Gasteiger charge is -2.11. The molecule has 0 aliphatic heterocycles. The fraction of sp³-hybridized carbons (Fsp3) is 0.312. The topological polar surface area (TPSA) is 48.0 Å². The Bertz CT molecular complexity index is 697. The number of nitrogens with zero attached hydrogens (tertiary/aromatic N) is 1. The van der Waals surface area contributed by atoms with Crippen LogP contribution in [0.2, 0.25) is 0 Å². The Kier molecular flexibility index (Phi) is 3.11. The first-order chi connectivity index (χ1) is 9.25. The van der Waals surface area contributed by atoms with Gasteiger partial charge in [0, 0.05) is 11.9 Å². The number of hydrogen-bond donors (Lipinski definition) is 1. The van der Waals surface area contributed by atoms with Crippen LogP contribution < -0.4 is 11.3 Å². The maximum atomic E-state index is 12.4. The van der Waals surface area contributed by atoms with Gasteiger partial charge < -0.3 is 5.73 Å². The monoisotopic (exact) mass is 254 g/mol. The lowest BCUT2D eigenvalue weighted by atomic mass is 10.1. The van der Waals surface area contributed by atoms with E-state index in [9.17, 15) is 4.79 Å². The molecule has 1 aromatic heterocycles. The van der Waals surface area contributed by atoms with Gasteiger partial charge in [-0.25, -0.2) is 0 Å². The van der Waals surface area contributed by atoms with Gasteiger partial charge in [-0.1, -0.05) is 29.8 Å². The third-order valence-corrected chi connectivity index (χ3v) is 3.84. The van der Waals surface area contributed by atoms with E-state index in [1.54, 1.807) is 4.57 Å². The number of fused-ring (bicyclic) bond motifs is 1. The average Bonchev–Trinajstić information content (AvgIpc) is 2.92. The van der Waals surface area contributed by atoms with E-state index in [2.05, 4.69) is 6.08 Å². The van der Waals surface area contributed by atoms with Gasteiger partial charge in [0.05, 0.1) is 0 Å². The largest absolute Gasteiger partial charge is 0.385 e. The summed E-state index contributed by atoms with van der Waals surface area (Å²) < 4.78 is 1.70. The summed E-state index contributed by atoms with van der Waals surface area (Å²) in [5.74, 6) is 0.558. The lowest BCUT2D eigenvalue weighted by molar-refractivity contribution is 0.669. The smallest absolute Gasteiger partial charge is 0.259 e. The normalized spacial score (nSPS) is 14.8. The molecule has 19 heavy (non-hydrogen) atoms. The minimum absolute atomic E-state index is 0.0224. The van der Waals surface area contributed by atoms with Crippen molar-refractivity contribution in [3.05, 3.63) is 52.3 Å². The van der Waals surface area contributed by atoms with Gasteiger partial charge in [-0.2, -0.15) is 0 Å². The predicted octanol–water partition coefficient (Wildman–Crippen LogP) is 3.08. The molecule has 0 atom stereocenters. The Morgan fingerprint density at radius 2 is 2.11 bits per heavy atom. The SMILES string of the molecule is Nc1cc2ccccc2c(=O)n1CCC1=CCCC1. The van der Waals surface area contributed by atoms with Gasteiger partial charge in [0.2, 0.25) is 0 Å². The van der Waals surface area contributed by atoms with E-state index < -0.39 is 0 Å². The van der Waals surface area contributed by atoms with Crippen molar-refractivity contribution in [1.29, 1.82) is 0 Å². The summed E-state index contributed by atoms with van der Waals surface area (Å²) in [7, 11) is 0. The molecule has 3 heteroatoms. The van der Waals surface area contributed by atoms with Crippen LogP contribution in [-0.4, -0.2) is 4.57 Å². The molecule has 0 fully saturated rings. The number of hydrogen-bond acceptors (Lipinski definition) is 2. The van der Waals surface area contributed by atoms with Crippen LogP contribution in [0.1, 0.15) is 25.7 Å². The van der Waals surface area contributed by atoms with Crippen LogP contribution in [0.5, 0.6) is 0 Å². The quantitative estimate of drug-likeness (QED) is 0.856. The number of allylic oxidation sites excluding steroid dienone is 2. The summed E-state index contributed by atoms with van der Waals surface area (Å²) in [4.78, 5) is 12.4. The highest BCUT2D eigenvalue weighted by molar-refractivity contribution is 5.83. The molecule has 3 rings (SSSR count). The summed E-state index contributed by atoms with van der Waals surface area (Å²) in [6, 6.07) is 9.50. The molecule has 0 amide bonds. The fourth-order valence-electron chi connectivity index (χ4n) is 2.77. The van der Waals surface area contributed by atoms with E-state index in [1.807, 2.05) is 30.3 Å². The maximum absolute atomic E-state index is 12.4. The van der Waals surface area contributed by atoms with Gasteiger partial charge in [0.15, 0.2) is 0 Å². The number of benzene rings is 1. The molecular formula is C16H18N2O. The number of rotatable bonds is 3. The molecule has 3 nitrogen and oxygen atoms in total. The van der Waals surface area contributed by atoms with E-state index in [1.165, 1.54) is 24.8 Å². The van der Waals surface area contributed by atoms with Crippen LogP contribution in [0.25, 0.3) is 10.8 Å². The van der Waals surface area contributed by atoms with Crippen LogP contribution in [0.4, 0.5) is 5.82 Å². The zero-order valence-corrected chi connectivity index (χ0v) is 10.9. The van der Waals surface area contributed by atoms with Crippen LogP contribution in [-0.2, 0) is 6.54 Å². The van der Waals surface area contributed by atoms with Gasteiger partial charge in [-0.15, -0.1) is 0 Å². The Morgan fingerprint density at radius 3 is 2.89 bits per heavy atom. The average molecular weight is 254 g/mol. The fourth-order valence-corrected chi connectivity index (χ4v) is 2.77. The second kappa shape index (κ2) is 4.92. The third kappa shape index (κ3) is 2.28. The van der Waals surface area contributed by atoms with Crippen molar-refractivity contribution in [1.82, 2.24) is 4.57 Å². The highest BCUT2D eigenvalue weighted by Gasteiger charge is 2.09. The van der Waals surface area contributed by atoms with Crippen molar-refractivity contribution in [2.24, 2.45) is 0 Å². The summed E-state index contributed by atoms with van der Waals surface area (Å²) >= 11 is 0. The van der Waals surface area contributed by atoms with Crippen molar-refractivity contribution >= 4 is 16.6 Å². The van der Waals surface area contributed by atoms with Crippen LogP contribution in [0, 0.1) is 0 Å². The van der Waals surface area contributed by atoms with E-state index in [0.717, 1.165) is 17.2 Å². The van der Waals surface area contributed by atoms with Crippen molar-refractivity contribution < 1.29 is 0 Å². The standard InChI is InChI=1S/C16H18N2O/c17-15-11-13-7-3-4-8-14(13)16(19)18(15)10-9-12-5-1-2-6-12/h3-5,7-8,11H,1-2,6,9-10,17H2. The molecule has 1 aliphatic carbocycles. The summed E-state index contributed by atoms with van der Waals surface area (Å²) in [6.07, 6.45) is 6.82. The molecule has 0 saturated carbocycles. The Balaban J connectivity index is 1.96. The molecule has 1 heterocycles. The molecule has 0 spiro atoms. The van der Waals surface area contributed by atoms with E-state index >= 15 is 0 Å². The van der Waals surface area contributed by atoms with E-state index in [4.69, 9.17) is 5.73 Å².